The topological polar surface area (TPSA) is 33.5 Å². The first-order valence-corrected chi connectivity index (χ1v) is 7.30. The lowest BCUT2D eigenvalue weighted by Gasteiger charge is -2.19. The average Bonchev–Trinajstić information content (AvgIpc) is 3.11. The fraction of sp³-hybridized carbons (Fsp3) is 0.188. The van der Waals surface area contributed by atoms with Crippen LogP contribution in [0.15, 0.2) is 64.6 Å². The Morgan fingerprint density at radius 3 is 2.85 bits per heavy atom. The second-order valence-electron chi connectivity index (χ2n) is 4.24. The number of carbonyl (C=O) groups excluding carboxylic acids is 1. The second kappa shape index (κ2) is 7.50. The molecule has 0 saturated heterocycles. The molecule has 0 saturated carbocycles. The van der Waals surface area contributed by atoms with E-state index in [-0.39, 0.29) is 5.91 Å². The van der Waals surface area contributed by atoms with E-state index in [1.807, 2.05) is 48.7 Å². The summed E-state index contributed by atoms with van der Waals surface area (Å²) >= 11 is 1.65. The highest BCUT2D eigenvalue weighted by molar-refractivity contribution is 7.09. The number of thiophene rings is 1. The Balaban J connectivity index is 2.08. The molecule has 0 N–H and O–H groups in total. The van der Waals surface area contributed by atoms with E-state index in [4.69, 9.17) is 4.42 Å². The maximum atomic E-state index is 12.2. The van der Waals surface area contributed by atoms with E-state index in [2.05, 4.69) is 0 Å². The zero-order chi connectivity index (χ0) is 14.2. The third kappa shape index (κ3) is 4.24. The first kappa shape index (κ1) is 14.3. The zero-order valence-electron chi connectivity index (χ0n) is 11.4. The van der Waals surface area contributed by atoms with Gasteiger partial charge in [0.1, 0.15) is 5.76 Å². The standard InChI is InChI=1S/C16H17NO2S/c1-2-3-4-9-16(18)17(12-14-7-5-10-19-14)13-15-8-6-11-20-15/h2-11H,12-13H2,1H3/b3-2+,9-4-. The first-order chi connectivity index (χ1) is 9.79. The highest BCUT2D eigenvalue weighted by atomic mass is 32.1. The molecule has 2 aromatic heterocycles. The summed E-state index contributed by atoms with van der Waals surface area (Å²) in [7, 11) is 0. The molecule has 0 bridgehead atoms. The molecule has 20 heavy (non-hydrogen) atoms. The van der Waals surface area contributed by atoms with Crippen molar-refractivity contribution in [2.45, 2.75) is 20.0 Å². The third-order valence-corrected chi connectivity index (χ3v) is 3.57. The zero-order valence-corrected chi connectivity index (χ0v) is 12.2. The molecule has 2 rings (SSSR count). The molecule has 1 amide bonds. The molecule has 2 heterocycles. The fourth-order valence-corrected chi connectivity index (χ4v) is 2.47. The first-order valence-electron chi connectivity index (χ1n) is 6.42. The molecule has 0 radical (unpaired) electrons. The monoisotopic (exact) mass is 287 g/mol. The van der Waals surface area contributed by atoms with Gasteiger partial charge < -0.3 is 9.32 Å². The molecule has 0 fully saturated rings. The van der Waals surface area contributed by atoms with Crippen LogP contribution in [-0.4, -0.2) is 10.8 Å². The minimum absolute atomic E-state index is 0.0205. The minimum Gasteiger partial charge on any atom is -0.467 e. The molecule has 0 unspecified atom stereocenters. The van der Waals surface area contributed by atoms with Gasteiger partial charge in [0.05, 0.1) is 19.4 Å². The lowest BCUT2D eigenvalue weighted by molar-refractivity contribution is -0.127. The van der Waals surface area contributed by atoms with Crippen molar-refractivity contribution in [1.82, 2.24) is 4.90 Å². The van der Waals surface area contributed by atoms with E-state index in [0.29, 0.717) is 13.1 Å². The van der Waals surface area contributed by atoms with Gasteiger partial charge in [-0.3, -0.25) is 4.79 Å². The van der Waals surface area contributed by atoms with Crippen LogP contribution in [0.25, 0.3) is 0 Å². The van der Waals surface area contributed by atoms with Crippen LogP contribution in [-0.2, 0) is 17.9 Å². The molecule has 3 nitrogen and oxygen atoms in total. The van der Waals surface area contributed by atoms with Crippen molar-refractivity contribution in [3.63, 3.8) is 0 Å². The smallest absolute Gasteiger partial charge is 0.247 e. The van der Waals surface area contributed by atoms with Gasteiger partial charge in [-0.05, 0) is 30.5 Å². The summed E-state index contributed by atoms with van der Waals surface area (Å²) in [6, 6.07) is 7.73. The van der Waals surface area contributed by atoms with Gasteiger partial charge >= 0.3 is 0 Å². The van der Waals surface area contributed by atoms with Crippen molar-refractivity contribution in [3.05, 3.63) is 70.9 Å². The SMILES string of the molecule is C/C=C/C=C\C(=O)N(Cc1ccco1)Cc1cccs1. The van der Waals surface area contributed by atoms with Crippen LogP contribution in [0.3, 0.4) is 0 Å². The number of hydrogen-bond acceptors (Lipinski definition) is 3. The number of amides is 1. The van der Waals surface area contributed by atoms with Crippen molar-refractivity contribution in [1.29, 1.82) is 0 Å². The molecule has 2 aromatic rings. The lowest BCUT2D eigenvalue weighted by atomic mass is 10.3. The number of rotatable bonds is 6. The van der Waals surface area contributed by atoms with Gasteiger partial charge in [0.25, 0.3) is 0 Å². The van der Waals surface area contributed by atoms with Crippen molar-refractivity contribution in [2.75, 3.05) is 0 Å². The Bertz CT molecular complexity index is 531. The Morgan fingerprint density at radius 1 is 1.30 bits per heavy atom. The van der Waals surface area contributed by atoms with Crippen molar-refractivity contribution in [3.8, 4) is 0 Å². The van der Waals surface area contributed by atoms with Crippen LogP contribution in [0.1, 0.15) is 17.6 Å². The summed E-state index contributed by atoms with van der Waals surface area (Å²) in [5.41, 5.74) is 0. The Morgan fingerprint density at radius 2 is 2.20 bits per heavy atom. The van der Waals surface area contributed by atoms with Crippen LogP contribution in [0.4, 0.5) is 0 Å². The molecular weight excluding hydrogens is 270 g/mol. The molecular formula is C16H17NO2S. The predicted octanol–water partition coefficient (Wildman–Crippen LogP) is 4.00. The van der Waals surface area contributed by atoms with E-state index in [1.165, 1.54) is 0 Å². The maximum Gasteiger partial charge on any atom is 0.247 e. The third-order valence-electron chi connectivity index (χ3n) is 2.71. The van der Waals surface area contributed by atoms with E-state index < -0.39 is 0 Å². The van der Waals surface area contributed by atoms with E-state index in [0.717, 1.165) is 10.6 Å². The van der Waals surface area contributed by atoms with E-state index in [1.54, 1.807) is 34.7 Å². The highest BCUT2D eigenvalue weighted by Crippen LogP contribution is 2.15. The number of carbonyl (C=O) groups is 1. The number of allylic oxidation sites excluding steroid dienone is 3. The molecule has 0 atom stereocenters. The van der Waals surface area contributed by atoms with Crippen molar-refractivity contribution in [2.24, 2.45) is 0 Å². The number of furan rings is 1. The van der Waals surface area contributed by atoms with E-state index in [9.17, 15) is 4.79 Å². The van der Waals surface area contributed by atoms with Gasteiger partial charge in [0, 0.05) is 11.0 Å². The summed E-state index contributed by atoms with van der Waals surface area (Å²) in [6.45, 7) is 2.99. The average molecular weight is 287 g/mol. The molecule has 4 heteroatoms. The van der Waals surface area contributed by atoms with Crippen LogP contribution >= 0.6 is 11.3 Å². The van der Waals surface area contributed by atoms with Crippen molar-refractivity contribution >= 4 is 17.2 Å². The van der Waals surface area contributed by atoms with Crippen LogP contribution in [0.2, 0.25) is 0 Å². The summed E-state index contributed by atoms with van der Waals surface area (Å²) in [6.07, 6.45) is 8.69. The van der Waals surface area contributed by atoms with Gasteiger partial charge in [-0.15, -0.1) is 11.3 Å². The van der Waals surface area contributed by atoms with Crippen LogP contribution in [0, 0.1) is 0 Å². The second-order valence-corrected chi connectivity index (χ2v) is 5.27. The molecule has 0 spiro atoms. The van der Waals surface area contributed by atoms with Gasteiger partial charge in [-0.1, -0.05) is 24.3 Å². The number of hydrogen-bond donors (Lipinski definition) is 0. The Labute approximate surface area is 122 Å². The predicted molar refractivity (Wildman–Crippen MR) is 81.2 cm³/mol. The van der Waals surface area contributed by atoms with Gasteiger partial charge in [0.15, 0.2) is 0 Å². The summed E-state index contributed by atoms with van der Waals surface area (Å²) < 4.78 is 5.33. The van der Waals surface area contributed by atoms with Gasteiger partial charge in [-0.2, -0.15) is 0 Å². The minimum atomic E-state index is -0.0205. The largest absolute Gasteiger partial charge is 0.467 e. The van der Waals surface area contributed by atoms with Crippen LogP contribution < -0.4 is 0 Å². The van der Waals surface area contributed by atoms with Crippen LogP contribution in [0.5, 0.6) is 0 Å². The lowest BCUT2D eigenvalue weighted by Crippen LogP contribution is -2.27. The molecule has 0 aliphatic heterocycles. The molecule has 0 aliphatic carbocycles. The molecule has 0 aromatic carbocycles. The Kier molecular flexibility index (Phi) is 5.38. The molecule has 104 valence electrons. The summed E-state index contributed by atoms with van der Waals surface area (Å²) in [4.78, 5) is 15.2. The maximum absolute atomic E-state index is 12.2. The summed E-state index contributed by atoms with van der Waals surface area (Å²) in [5.74, 6) is 0.766. The molecule has 0 aliphatic rings. The van der Waals surface area contributed by atoms with Crippen molar-refractivity contribution < 1.29 is 9.21 Å². The number of nitrogens with zero attached hydrogens (tertiary/aromatic N) is 1. The fourth-order valence-electron chi connectivity index (χ4n) is 1.75. The highest BCUT2D eigenvalue weighted by Gasteiger charge is 2.13. The van der Waals surface area contributed by atoms with Gasteiger partial charge in [0.2, 0.25) is 5.91 Å². The summed E-state index contributed by atoms with van der Waals surface area (Å²) in [5, 5.41) is 2.01. The normalized spacial score (nSPS) is 11.4. The van der Waals surface area contributed by atoms with E-state index >= 15 is 0 Å². The van der Waals surface area contributed by atoms with Gasteiger partial charge in [-0.25, -0.2) is 0 Å². The Hall–Kier alpha value is -2.07. The quantitative estimate of drug-likeness (QED) is 0.594.